The molecule has 1 N–H and O–H groups in total. The molecule has 0 saturated heterocycles. The van der Waals surface area contributed by atoms with Gasteiger partial charge in [0.1, 0.15) is 5.92 Å². The third-order valence-corrected chi connectivity index (χ3v) is 4.06. The second-order valence-electron chi connectivity index (χ2n) is 4.89. The van der Waals surface area contributed by atoms with Gasteiger partial charge in [-0.15, -0.1) is 0 Å². The highest BCUT2D eigenvalue weighted by Crippen LogP contribution is 2.29. The summed E-state index contributed by atoms with van der Waals surface area (Å²) >= 11 is 2.24. The van der Waals surface area contributed by atoms with Crippen molar-refractivity contribution in [1.29, 1.82) is 0 Å². The second-order valence-corrected chi connectivity index (χ2v) is 6.13. The van der Waals surface area contributed by atoms with Crippen molar-refractivity contribution in [3.63, 3.8) is 0 Å². The number of hydrogen-bond acceptors (Lipinski definition) is 4. The quantitative estimate of drug-likeness (QED) is 0.494. The molecular weight excluding hydrogens is 369 g/mol. The fraction of sp³-hybridized carbons (Fsp3) is 0.333. The Hall–Kier alpha value is -1.37. The molecule has 0 aliphatic heterocycles. The number of allylic oxidation sites excluding steroid dienone is 2. The minimum atomic E-state index is -0.678. The lowest BCUT2D eigenvalue weighted by molar-refractivity contribution is -0.150. The van der Waals surface area contributed by atoms with E-state index in [1.165, 1.54) is 13.2 Å². The third-order valence-electron chi connectivity index (χ3n) is 3.34. The third kappa shape index (κ3) is 3.39. The molecule has 1 aliphatic rings. The number of benzene rings is 1. The number of halogens is 1. The van der Waals surface area contributed by atoms with Crippen molar-refractivity contribution in [2.75, 3.05) is 12.4 Å². The number of carbonyl (C=O) groups excluding carboxylic acids is 2. The van der Waals surface area contributed by atoms with Crippen LogP contribution in [-0.4, -0.2) is 18.9 Å². The number of nitrogens with one attached hydrogen (secondary N) is 1. The van der Waals surface area contributed by atoms with Crippen LogP contribution in [0.3, 0.4) is 0 Å². The van der Waals surface area contributed by atoms with E-state index < -0.39 is 11.9 Å². The van der Waals surface area contributed by atoms with Crippen LogP contribution < -0.4 is 5.32 Å². The van der Waals surface area contributed by atoms with Gasteiger partial charge in [0.2, 0.25) is 0 Å². The van der Waals surface area contributed by atoms with Crippen LogP contribution in [0.4, 0.5) is 5.69 Å². The molecule has 20 heavy (non-hydrogen) atoms. The van der Waals surface area contributed by atoms with E-state index >= 15 is 0 Å². The van der Waals surface area contributed by atoms with Crippen LogP contribution >= 0.6 is 22.6 Å². The van der Waals surface area contributed by atoms with E-state index in [2.05, 4.69) is 32.6 Å². The number of rotatable bonds is 3. The fourth-order valence-electron chi connectivity index (χ4n) is 2.35. The lowest BCUT2D eigenvalue weighted by atomic mass is 9.82. The Morgan fingerprint density at radius 1 is 1.35 bits per heavy atom. The minimum absolute atomic E-state index is 0.0636. The van der Waals surface area contributed by atoms with Crippen molar-refractivity contribution in [2.24, 2.45) is 11.8 Å². The standard InChI is InChI=1S/C15H16INO3/c1-9-7-12(8-13(18)14(9)15(19)20-2)17-11-5-3-10(16)4-6-11/h3-6,8-9,14,17H,7H2,1-2H3/t9-,14+/m1/s1. The molecule has 0 saturated carbocycles. The number of carbonyl (C=O) groups is 2. The van der Waals surface area contributed by atoms with Crippen LogP contribution in [0.25, 0.3) is 0 Å². The van der Waals surface area contributed by atoms with E-state index in [0.717, 1.165) is 15.0 Å². The second kappa shape index (κ2) is 6.39. The average molecular weight is 385 g/mol. The Kier molecular flexibility index (Phi) is 4.80. The van der Waals surface area contributed by atoms with Crippen molar-refractivity contribution in [3.8, 4) is 0 Å². The molecule has 1 aliphatic carbocycles. The monoisotopic (exact) mass is 385 g/mol. The number of ether oxygens (including phenoxy) is 1. The molecule has 0 amide bonds. The normalized spacial score (nSPS) is 22.1. The van der Waals surface area contributed by atoms with Gasteiger partial charge >= 0.3 is 5.97 Å². The summed E-state index contributed by atoms with van der Waals surface area (Å²) in [7, 11) is 1.31. The minimum Gasteiger partial charge on any atom is -0.468 e. The van der Waals surface area contributed by atoms with Crippen molar-refractivity contribution in [1.82, 2.24) is 0 Å². The summed E-state index contributed by atoms with van der Waals surface area (Å²) in [5.41, 5.74) is 1.78. The van der Waals surface area contributed by atoms with E-state index in [9.17, 15) is 9.59 Å². The Labute approximate surface area is 131 Å². The van der Waals surface area contributed by atoms with Crippen LogP contribution in [0.15, 0.2) is 36.0 Å². The predicted octanol–water partition coefficient (Wildman–Crippen LogP) is 2.99. The lowest BCUT2D eigenvalue weighted by Gasteiger charge is -2.26. The summed E-state index contributed by atoms with van der Waals surface area (Å²) < 4.78 is 5.84. The van der Waals surface area contributed by atoms with Gasteiger partial charge in [0.25, 0.3) is 0 Å². The van der Waals surface area contributed by atoms with Gasteiger partial charge in [-0.05, 0) is 59.2 Å². The van der Waals surface area contributed by atoms with E-state index in [4.69, 9.17) is 0 Å². The van der Waals surface area contributed by atoms with E-state index in [1.807, 2.05) is 31.2 Å². The first kappa shape index (κ1) is 15.0. The maximum Gasteiger partial charge on any atom is 0.316 e. The van der Waals surface area contributed by atoms with Gasteiger partial charge < -0.3 is 10.1 Å². The molecule has 1 aromatic rings. The number of anilines is 1. The van der Waals surface area contributed by atoms with Crippen LogP contribution in [0.2, 0.25) is 0 Å². The molecule has 1 aromatic carbocycles. The van der Waals surface area contributed by atoms with Crippen molar-refractivity contribution < 1.29 is 14.3 Å². The summed E-state index contributed by atoms with van der Waals surface area (Å²) in [6, 6.07) is 7.91. The largest absolute Gasteiger partial charge is 0.468 e. The number of esters is 1. The summed E-state index contributed by atoms with van der Waals surface area (Å²) in [4.78, 5) is 23.6. The zero-order valence-electron chi connectivity index (χ0n) is 11.4. The molecule has 0 spiro atoms. The lowest BCUT2D eigenvalue weighted by Crippen LogP contribution is -2.34. The SMILES string of the molecule is COC(=O)[C@@H]1C(=O)C=C(Nc2ccc(I)cc2)C[C@H]1C. The molecule has 0 radical (unpaired) electrons. The smallest absolute Gasteiger partial charge is 0.316 e. The van der Waals surface area contributed by atoms with Gasteiger partial charge in [-0.2, -0.15) is 0 Å². The maximum atomic E-state index is 12.0. The molecule has 0 heterocycles. The topological polar surface area (TPSA) is 55.4 Å². The number of hydrogen-bond donors (Lipinski definition) is 1. The highest BCUT2D eigenvalue weighted by molar-refractivity contribution is 14.1. The van der Waals surface area contributed by atoms with Crippen molar-refractivity contribution >= 4 is 40.0 Å². The molecule has 2 rings (SSSR count). The van der Waals surface area contributed by atoms with Gasteiger partial charge in [0, 0.05) is 21.0 Å². The molecule has 0 bridgehead atoms. The summed E-state index contributed by atoms with van der Waals surface area (Å²) in [6.45, 7) is 1.89. The van der Waals surface area contributed by atoms with E-state index in [0.29, 0.717) is 6.42 Å². The molecule has 0 fully saturated rings. The zero-order chi connectivity index (χ0) is 14.7. The van der Waals surface area contributed by atoms with Gasteiger partial charge in [0.15, 0.2) is 5.78 Å². The summed E-state index contributed by atoms with van der Waals surface area (Å²) in [5, 5.41) is 3.23. The molecule has 2 atom stereocenters. The first-order valence-electron chi connectivity index (χ1n) is 6.36. The number of methoxy groups -OCH3 is 1. The number of ketones is 1. The van der Waals surface area contributed by atoms with Gasteiger partial charge in [-0.1, -0.05) is 6.92 Å². The first-order valence-corrected chi connectivity index (χ1v) is 7.44. The van der Waals surface area contributed by atoms with Crippen LogP contribution in [0.5, 0.6) is 0 Å². The molecule has 0 unspecified atom stereocenters. The first-order chi connectivity index (χ1) is 9.51. The van der Waals surface area contributed by atoms with Gasteiger partial charge in [-0.3, -0.25) is 9.59 Å². The van der Waals surface area contributed by atoms with Crippen LogP contribution in [0, 0.1) is 15.4 Å². The van der Waals surface area contributed by atoms with Crippen LogP contribution in [0.1, 0.15) is 13.3 Å². The molecular formula is C15H16INO3. The fourth-order valence-corrected chi connectivity index (χ4v) is 2.71. The molecule has 0 aromatic heterocycles. The van der Waals surface area contributed by atoms with Crippen LogP contribution in [-0.2, 0) is 14.3 Å². The van der Waals surface area contributed by atoms with Crippen molar-refractivity contribution in [2.45, 2.75) is 13.3 Å². The Bertz CT molecular complexity index is 551. The molecule has 4 nitrogen and oxygen atoms in total. The Morgan fingerprint density at radius 2 is 2.00 bits per heavy atom. The van der Waals surface area contributed by atoms with Gasteiger partial charge in [0.05, 0.1) is 7.11 Å². The highest BCUT2D eigenvalue weighted by Gasteiger charge is 2.35. The van der Waals surface area contributed by atoms with Crippen molar-refractivity contribution in [3.05, 3.63) is 39.6 Å². The average Bonchev–Trinajstić information content (AvgIpc) is 2.40. The summed E-state index contributed by atoms with van der Waals surface area (Å²) in [5.74, 6) is -1.38. The summed E-state index contributed by atoms with van der Waals surface area (Å²) in [6.07, 6.45) is 2.16. The molecule has 5 heteroatoms. The van der Waals surface area contributed by atoms with E-state index in [1.54, 1.807) is 0 Å². The Balaban J connectivity index is 2.13. The zero-order valence-corrected chi connectivity index (χ0v) is 13.5. The van der Waals surface area contributed by atoms with E-state index in [-0.39, 0.29) is 11.7 Å². The van der Waals surface area contributed by atoms with Gasteiger partial charge in [-0.25, -0.2) is 0 Å². The predicted molar refractivity (Wildman–Crippen MR) is 85.2 cm³/mol. The highest BCUT2D eigenvalue weighted by atomic mass is 127. The Morgan fingerprint density at radius 3 is 2.55 bits per heavy atom. The maximum absolute atomic E-state index is 12.0. The molecule has 106 valence electrons.